The molecule has 2 aliphatic rings. The monoisotopic (exact) mass is 355 g/mol. The van der Waals surface area contributed by atoms with Gasteiger partial charge in [-0.2, -0.15) is 0 Å². The molecule has 4 rings (SSSR count). The minimum absolute atomic E-state index is 0.307. The van der Waals surface area contributed by atoms with Crippen molar-refractivity contribution in [3.63, 3.8) is 0 Å². The molecule has 2 aromatic rings. The molecule has 112 valence electrons. The number of hydrogen-bond donors (Lipinski definition) is 1. The van der Waals surface area contributed by atoms with Crippen LogP contribution in [0.1, 0.15) is 29.5 Å². The fourth-order valence-corrected chi connectivity index (χ4v) is 4.24. The van der Waals surface area contributed by atoms with Crippen molar-refractivity contribution in [2.24, 2.45) is 5.92 Å². The third kappa shape index (κ3) is 2.15. The Hall–Kier alpha value is -1.74. The van der Waals surface area contributed by atoms with E-state index in [9.17, 15) is 0 Å². The lowest BCUT2D eigenvalue weighted by molar-refractivity contribution is 0.406. The molecule has 0 spiro atoms. The topological polar surface area (TPSA) is 21.3 Å². The first-order valence-corrected chi connectivity index (χ1v) is 8.43. The van der Waals surface area contributed by atoms with Gasteiger partial charge < -0.3 is 10.1 Å². The molecule has 1 heterocycles. The van der Waals surface area contributed by atoms with Crippen LogP contribution in [0.25, 0.3) is 0 Å². The number of hydrogen-bond acceptors (Lipinski definition) is 2. The van der Waals surface area contributed by atoms with Gasteiger partial charge in [0.1, 0.15) is 5.75 Å². The number of benzene rings is 2. The van der Waals surface area contributed by atoms with E-state index in [2.05, 4.69) is 69.8 Å². The van der Waals surface area contributed by atoms with E-state index < -0.39 is 0 Å². The van der Waals surface area contributed by atoms with E-state index in [4.69, 9.17) is 4.74 Å². The Balaban J connectivity index is 1.80. The molecule has 0 saturated heterocycles. The molecule has 3 heteroatoms. The lowest BCUT2D eigenvalue weighted by Gasteiger charge is -2.38. The molecule has 0 amide bonds. The van der Waals surface area contributed by atoms with E-state index in [0.717, 1.165) is 16.6 Å². The standard InChI is InChI=1S/C19H18BrNO/c1-22-13-6-2-5-12(11-13)18-15-8-3-7-14(15)16-9-4-10-17(20)19(16)21-18/h2-7,9-11,14-15,18,21H,8H2,1H3. The zero-order chi connectivity index (χ0) is 15.1. The van der Waals surface area contributed by atoms with Crippen LogP contribution in [0.3, 0.4) is 0 Å². The molecule has 3 unspecified atom stereocenters. The van der Waals surface area contributed by atoms with Crippen LogP contribution in [0.15, 0.2) is 59.1 Å². The maximum atomic E-state index is 5.40. The summed E-state index contributed by atoms with van der Waals surface area (Å²) < 4.78 is 6.53. The molecule has 2 aromatic carbocycles. The Morgan fingerprint density at radius 3 is 2.91 bits per heavy atom. The van der Waals surface area contributed by atoms with Gasteiger partial charge in [-0.15, -0.1) is 0 Å². The summed E-state index contributed by atoms with van der Waals surface area (Å²) in [4.78, 5) is 0. The second-order valence-electron chi connectivity index (χ2n) is 5.96. The van der Waals surface area contributed by atoms with Crippen LogP contribution in [-0.2, 0) is 0 Å². The molecule has 0 saturated carbocycles. The van der Waals surface area contributed by atoms with Gasteiger partial charge in [-0.3, -0.25) is 0 Å². The van der Waals surface area contributed by atoms with Gasteiger partial charge in [0.15, 0.2) is 0 Å². The third-order valence-corrected chi connectivity index (χ3v) is 5.46. The van der Waals surface area contributed by atoms with Crippen molar-refractivity contribution in [3.05, 3.63) is 70.2 Å². The summed E-state index contributed by atoms with van der Waals surface area (Å²) in [6, 6.07) is 15.2. The van der Waals surface area contributed by atoms with E-state index in [1.54, 1.807) is 7.11 Å². The van der Waals surface area contributed by atoms with Crippen LogP contribution in [-0.4, -0.2) is 7.11 Å². The molecule has 22 heavy (non-hydrogen) atoms. The van der Waals surface area contributed by atoms with Crippen molar-refractivity contribution in [2.75, 3.05) is 12.4 Å². The van der Waals surface area contributed by atoms with Crippen LogP contribution in [0.2, 0.25) is 0 Å². The van der Waals surface area contributed by atoms with E-state index in [1.807, 2.05) is 6.07 Å². The highest BCUT2D eigenvalue weighted by atomic mass is 79.9. The second kappa shape index (κ2) is 5.47. The Morgan fingerprint density at radius 2 is 2.05 bits per heavy atom. The number of rotatable bonds is 2. The average Bonchev–Trinajstić information content (AvgIpc) is 3.04. The summed E-state index contributed by atoms with van der Waals surface area (Å²) in [6.07, 6.45) is 5.80. The van der Waals surface area contributed by atoms with Gasteiger partial charge in [0.05, 0.1) is 18.8 Å². The van der Waals surface area contributed by atoms with Gasteiger partial charge in [-0.05, 0) is 57.6 Å². The third-order valence-electron chi connectivity index (χ3n) is 4.80. The van der Waals surface area contributed by atoms with Gasteiger partial charge in [0.25, 0.3) is 0 Å². The number of allylic oxidation sites excluding steroid dienone is 2. The van der Waals surface area contributed by atoms with Crippen molar-refractivity contribution in [3.8, 4) is 5.75 Å². The van der Waals surface area contributed by atoms with Crippen LogP contribution in [0.4, 0.5) is 5.69 Å². The molecule has 0 fully saturated rings. The Morgan fingerprint density at radius 1 is 1.18 bits per heavy atom. The maximum Gasteiger partial charge on any atom is 0.119 e. The fraction of sp³-hybridized carbons (Fsp3) is 0.263. The Labute approximate surface area is 139 Å². The minimum atomic E-state index is 0.307. The zero-order valence-electron chi connectivity index (χ0n) is 12.4. The van der Waals surface area contributed by atoms with E-state index in [-0.39, 0.29) is 0 Å². The SMILES string of the molecule is COc1cccc(C2Nc3c(Br)cccc3C3C=CCC32)c1. The van der Waals surface area contributed by atoms with Crippen molar-refractivity contribution < 1.29 is 4.74 Å². The number of para-hydroxylation sites is 1. The molecule has 0 radical (unpaired) electrons. The second-order valence-corrected chi connectivity index (χ2v) is 6.81. The van der Waals surface area contributed by atoms with E-state index in [0.29, 0.717) is 17.9 Å². The van der Waals surface area contributed by atoms with Crippen molar-refractivity contribution >= 4 is 21.6 Å². The first-order chi connectivity index (χ1) is 10.8. The zero-order valence-corrected chi connectivity index (χ0v) is 14.0. The predicted octanol–water partition coefficient (Wildman–Crippen LogP) is 5.28. The molecule has 1 aliphatic heterocycles. The Kier molecular flexibility index (Phi) is 3.45. The number of anilines is 1. The van der Waals surface area contributed by atoms with Crippen molar-refractivity contribution in [1.29, 1.82) is 0 Å². The van der Waals surface area contributed by atoms with E-state index >= 15 is 0 Å². The summed E-state index contributed by atoms with van der Waals surface area (Å²) in [5.74, 6) is 1.97. The van der Waals surface area contributed by atoms with Gasteiger partial charge in [0.2, 0.25) is 0 Å². The molecule has 1 N–H and O–H groups in total. The summed E-state index contributed by atoms with van der Waals surface area (Å²) in [5, 5.41) is 3.76. The highest BCUT2D eigenvalue weighted by molar-refractivity contribution is 9.10. The molecular formula is C19H18BrNO. The summed E-state index contributed by atoms with van der Waals surface area (Å²) in [6.45, 7) is 0. The quantitative estimate of drug-likeness (QED) is 0.739. The first kappa shape index (κ1) is 13.9. The van der Waals surface area contributed by atoms with Gasteiger partial charge >= 0.3 is 0 Å². The van der Waals surface area contributed by atoms with Crippen LogP contribution in [0, 0.1) is 5.92 Å². The first-order valence-electron chi connectivity index (χ1n) is 7.63. The largest absolute Gasteiger partial charge is 0.497 e. The summed E-state index contributed by atoms with van der Waals surface area (Å²) in [7, 11) is 1.72. The van der Waals surface area contributed by atoms with Crippen molar-refractivity contribution in [1.82, 2.24) is 0 Å². The predicted molar refractivity (Wildman–Crippen MR) is 93.5 cm³/mol. The number of methoxy groups -OCH3 is 1. The van der Waals surface area contributed by atoms with Gasteiger partial charge in [0, 0.05) is 10.4 Å². The molecular weight excluding hydrogens is 338 g/mol. The van der Waals surface area contributed by atoms with Gasteiger partial charge in [-0.25, -0.2) is 0 Å². The number of ether oxygens (including phenoxy) is 1. The van der Waals surface area contributed by atoms with Crippen LogP contribution >= 0.6 is 15.9 Å². The van der Waals surface area contributed by atoms with Crippen LogP contribution in [0.5, 0.6) is 5.75 Å². The molecule has 2 nitrogen and oxygen atoms in total. The lowest BCUT2D eigenvalue weighted by atomic mass is 9.77. The molecule has 0 aromatic heterocycles. The smallest absolute Gasteiger partial charge is 0.119 e. The van der Waals surface area contributed by atoms with Gasteiger partial charge in [-0.1, -0.05) is 36.4 Å². The normalized spacial score (nSPS) is 25.3. The molecule has 0 bridgehead atoms. The summed E-state index contributed by atoms with van der Waals surface area (Å²) >= 11 is 3.70. The van der Waals surface area contributed by atoms with Crippen molar-refractivity contribution in [2.45, 2.75) is 18.4 Å². The fourth-order valence-electron chi connectivity index (χ4n) is 3.75. The average molecular weight is 356 g/mol. The maximum absolute atomic E-state index is 5.40. The Bertz CT molecular complexity index is 740. The molecule has 1 aliphatic carbocycles. The highest BCUT2D eigenvalue weighted by Crippen LogP contribution is 2.51. The number of halogens is 1. The van der Waals surface area contributed by atoms with Crippen LogP contribution < -0.4 is 10.1 Å². The highest BCUT2D eigenvalue weighted by Gasteiger charge is 2.38. The molecule has 3 atom stereocenters. The number of fused-ring (bicyclic) bond motifs is 3. The lowest BCUT2D eigenvalue weighted by Crippen LogP contribution is -2.29. The summed E-state index contributed by atoms with van der Waals surface area (Å²) in [5.41, 5.74) is 3.91. The minimum Gasteiger partial charge on any atom is -0.497 e. The van der Waals surface area contributed by atoms with E-state index in [1.165, 1.54) is 16.8 Å². The number of nitrogens with one attached hydrogen (secondary N) is 1.